The standard InChI is InChI=1S/C18H21ClN6O5/c1-18(2,3)30-17(28)25-9-12(6-20-25)29-11-4-10-7-24(16(26)27)15-13(23(10)8-11)5-14(19)21-22-15/h5-6,9-11H,4,7-8H2,1-3H3,(H,26,27)/t10-,11-/m1/s1. The number of amides is 1. The molecule has 0 aliphatic carbocycles. The molecular formula is C18H21ClN6O5. The van der Waals surface area contributed by atoms with Crippen LogP contribution in [-0.4, -0.2) is 68.1 Å². The topological polar surface area (TPSA) is 123 Å². The Morgan fingerprint density at radius 2 is 2.03 bits per heavy atom. The minimum Gasteiger partial charge on any atom is -0.485 e. The molecule has 1 amide bonds. The van der Waals surface area contributed by atoms with Crippen molar-refractivity contribution in [3.63, 3.8) is 0 Å². The zero-order valence-corrected chi connectivity index (χ0v) is 17.4. The molecule has 11 nitrogen and oxygen atoms in total. The van der Waals surface area contributed by atoms with Gasteiger partial charge in [-0.3, -0.25) is 4.90 Å². The van der Waals surface area contributed by atoms with E-state index >= 15 is 0 Å². The van der Waals surface area contributed by atoms with Crippen LogP contribution in [0.5, 0.6) is 5.75 Å². The Balaban J connectivity index is 1.49. The van der Waals surface area contributed by atoms with Gasteiger partial charge < -0.3 is 19.5 Å². The number of halogens is 1. The van der Waals surface area contributed by atoms with E-state index in [0.29, 0.717) is 24.4 Å². The average molecular weight is 437 g/mol. The molecule has 0 saturated carbocycles. The summed E-state index contributed by atoms with van der Waals surface area (Å²) in [5.41, 5.74) is -0.0318. The first kappa shape index (κ1) is 20.2. The second-order valence-corrected chi connectivity index (χ2v) is 8.54. The molecular weight excluding hydrogens is 416 g/mol. The van der Waals surface area contributed by atoms with Crippen molar-refractivity contribution in [3.8, 4) is 5.75 Å². The average Bonchev–Trinajstić information content (AvgIpc) is 3.26. The van der Waals surface area contributed by atoms with Crippen LogP contribution in [0.1, 0.15) is 27.2 Å². The summed E-state index contributed by atoms with van der Waals surface area (Å²) in [5.74, 6) is 0.674. The van der Waals surface area contributed by atoms with Gasteiger partial charge in [0.1, 0.15) is 11.7 Å². The third-order valence-corrected chi connectivity index (χ3v) is 4.92. The van der Waals surface area contributed by atoms with Crippen LogP contribution in [0.15, 0.2) is 18.5 Å². The summed E-state index contributed by atoms with van der Waals surface area (Å²) in [6.07, 6.45) is 1.56. The lowest BCUT2D eigenvalue weighted by molar-refractivity contribution is 0.0513. The molecule has 0 unspecified atom stereocenters. The molecule has 30 heavy (non-hydrogen) atoms. The Morgan fingerprint density at radius 3 is 2.73 bits per heavy atom. The molecule has 4 rings (SSSR count). The monoisotopic (exact) mass is 436 g/mol. The predicted molar refractivity (Wildman–Crippen MR) is 106 cm³/mol. The van der Waals surface area contributed by atoms with Gasteiger partial charge in [0.2, 0.25) is 0 Å². The van der Waals surface area contributed by atoms with Gasteiger partial charge in [0.05, 0.1) is 37.2 Å². The fourth-order valence-corrected chi connectivity index (χ4v) is 3.76. The first-order chi connectivity index (χ1) is 14.1. The summed E-state index contributed by atoms with van der Waals surface area (Å²) >= 11 is 5.99. The van der Waals surface area contributed by atoms with Gasteiger partial charge in [-0.05, 0) is 20.8 Å². The van der Waals surface area contributed by atoms with E-state index in [0.717, 1.165) is 4.68 Å². The Kier molecular flexibility index (Phi) is 4.92. The zero-order chi connectivity index (χ0) is 21.6. The third kappa shape index (κ3) is 3.97. The molecule has 2 aromatic rings. The lowest BCUT2D eigenvalue weighted by atomic mass is 10.1. The molecule has 4 heterocycles. The van der Waals surface area contributed by atoms with E-state index in [1.807, 2.05) is 4.90 Å². The number of rotatable bonds is 2. The van der Waals surface area contributed by atoms with Crippen molar-refractivity contribution in [2.45, 2.75) is 44.9 Å². The maximum Gasteiger partial charge on any atom is 0.435 e. The maximum absolute atomic E-state index is 12.1. The van der Waals surface area contributed by atoms with Crippen LogP contribution in [0.2, 0.25) is 5.15 Å². The Hall–Kier alpha value is -3.08. The molecule has 2 atom stereocenters. The van der Waals surface area contributed by atoms with Crippen LogP contribution in [0.4, 0.5) is 21.1 Å². The van der Waals surface area contributed by atoms with Gasteiger partial charge >= 0.3 is 12.2 Å². The molecule has 0 aromatic carbocycles. The number of hydrogen-bond donors (Lipinski definition) is 1. The summed E-state index contributed by atoms with van der Waals surface area (Å²) in [5, 5.41) is 21.4. The van der Waals surface area contributed by atoms with Crippen molar-refractivity contribution < 1.29 is 24.2 Å². The summed E-state index contributed by atoms with van der Waals surface area (Å²) in [6, 6.07) is 1.51. The highest BCUT2D eigenvalue weighted by Gasteiger charge is 2.42. The van der Waals surface area contributed by atoms with E-state index in [2.05, 4.69) is 15.3 Å². The second-order valence-electron chi connectivity index (χ2n) is 8.15. The van der Waals surface area contributed by atoms with Crippen LogP contribution in [0, 0.1) is 0 Å². The Bertz CT molecular complexity index is 990. The number of nitrogens with zero attached hydrogens (tertiary/aromatic N) is 6. The van der Waals surface area contributed by atoms with Gasteiger partial charge in [-0.1, -0.05) is 11.6 Å². The molecule has 2 aromatic heterocycles. The summed E-state index contributed by atoms with van der Waals surface area (Å²) in [4.78, 5) is 27.0. The van der Waals surface area contributed by atoms with Crippen molar-refractivity contribution in [3.05, 3.63) is 23.6 Å². The molecule has 2 aliphatic heterocycles. The lowest BCUT2D eigenvalue weighted by Gasteiger charge is -2.37. The number of ether oxygens (including phenoxy) is 2. The van der Waals surface area contributed by atoms with Crippen LogP contribution < -0.4 is 14.5 Å². The van der Waals surface area contributed by atoms with Gasteiger partial charge in [-0.2, -0.15) is 9.78 Å². The lowest BCUT2D eigenvalue weighted by Crippen LogP contribution is -2.48. The summed E-state index contributed by atoms with van der Waals surface area (Å²) in [7, 11) is 0. The summed E-state index contributed by atoms with van der Waals surface area (Å²) in [6.45, 7) is 6.07. The molecule has 1 fully saturated rings. The van der Waals surface area contributed by atoms with Crippen LogP contribution in [-0.2, 0) is 4.74 Å². The fourth-order valence-electron chi connectivity index (χ4n) is 3.62. The van der Waals surface area contributed by atoms with Crippen LogP contribution >= 0.6 is 11.6 Å². The molecule has 0 spiro atoms. The van der Waals surface area contributed by atoms with Crippen LogP contribution in [0.3, 0.4) is 0 Å². The molecule has 160 valence electrons. The maximum atomic E-state index is 12.1. The van der Waals surface area contributed by atoms with E-state index in [9.17, 15) is 14.7 Å². The predicted octanol–water partition coefficient (Wildman–Crippen LogP) is 2.63. The number of carbonyl (C=O) groups excluding carboxylic acids is 1. The van der Waals surface area contributed by atoms with Gasteiger partial charge in [0, 0.05) is 12.5 Å². The SMILES string of the molecule is CC(C)(C)OC(=O)n1cc(O[C@@H]2C[C@@H]3CN(C(=O)O)c4nnc(Cl)cc4N3C2)cn1. The minimum absolute atomic E-state index is 0.0974. The fraction of sp³-hybridized carbons (Fsp3) is 0.500. The summed E-state index contributed by atoms with van der Waals surface area (Å²) < 4.78 is 12.4. The van der Waals surface area contributed by atoms with E-state index in [4.69, 9.17) is 21.1 Å². The normalized spacial score (nSPS) is 20.5. The molecule has 1 N–H and O–H groups in total. The molecule has 12 heteroatoms. The van der Waals surface area contributed by atoms with Crippen LogP contribution in [0.25, 0.3) is 0 Å². The van der Waals surface area contributed by atoms with Gasteiger partial charge in [0.15, 0.2) is 16.7 Å². The highest BCUT2D eigenvalue weighted by atomic mass is 35.5. The number of fused-ring (bicyclic) bond motifs is 3. The number of carbonyl (C=O) groups is 2. The molecule has 0 bridgehead atoms. The van der Waals surface area contributed by atoms with Gasteiger partial charge in [-0.25, -0.2) is 9.59 Å². The number of aromatic nitrogens is 4. The van der Waals surface area contributed by atoms with Gasteiger partial charge in [0.25, 0.3) is 0 Å². The van der Waals surface area contributed by atoms with E-state index in [1.165, 1.54) is 17.3 Å². The molecule has 0 radical (unpaired) electrons. The number of carboxylic acid groups (broad SMARTS) is 1. The highest BCUT2D eigenvalue weighted by molar-refractivity contribution is 6.29. The van der Waals surface area contributed by atoms with E-state index in [1.54, 1.807) is 26.8 Å². The Labute approximate surface area is 177 Å². The highest BCUT2D eigenvalue weighted by Crippen LogP contribution is 2.39. The van der Waals surface area contributed by atoms with Crippen molar-refractivity contribution in [1.29, 1.82) is 0 Å². The first-order valence-corrected chi connectivity index (χ1v) is 9.73. The smallest absolute Gasteiger partial charge is 0.435 e. The quantitative estimate of drug-likeness (QED) is 0.756. The molecule has 1 saturated heterocycles. The van der Waals surface area contributed by atoms with Crippen molar-refractivity contribution in [2.75, 3.05) is 22.9 Å². The molecule has 2 aliphatic rings. The number of hydrogen-bond acceptors (Lipinski definition) is 8. The first-order valence-electron chi connectivity index (χ1n) is 9.36. The Morgan fingerprint density at radius 1 is 1.27 bits per heavy atom. The van der Waals surface area contributed by atoms with E-state index in [-0.39, 0.29) is 29.7 Å². The largest absolute Gasteiger partial charge is 0.485 e. The van der Waals surface area contributed by atoms with E-state index < -0.39 is 17.8 Å². The van der Waals surface area contributed by atoms with Crippen molar-refractivity contribution in [2.24, 2.45) is 0 Å². The van der Waals surface area contributed by atoms with Crippen molar-refractivity contribution >= 4 is 35.3 Å². The third-order valence-electron chi connectivity index (χ3n) is 4.73. The second kappa shape index (κ2) is 7.31. The van der Waals surface area contributed by atoms with Crippen molar-refractivity contribution in [1.82, 2.24) is 20.0 Å². The zero-order valence-electron chi connectivity index (χ0n) is 16.6. The minimum atomic E-state index is -1.10. The number of anilines is 2. The van der Waals surface area contributed by atoms with Gasteiger partial charge in [-0.15, -0.1) is 10.2 Å².